The molecule has 3 fully saturated rings. The molecule has 0 unspecified atom stereocenters. The summed E-state index contributed by atoms with van der Waals surface area (Å²) in [5.74, 6) is 1.98. The van der Waals surface area contributed by atoms with E-state index in [2.05, 4.69) is 11.8 Å². The van der Waals surface area contributed by atoms with Crippen molar-refractivity contribution in [2.75, 3.05) is 18.0 Å². The molecule has 1 saturated heterocycles. The van der Waals surface area contributed by atoms with Crippen LogP contribution in [-0.2, 0) is 0 Å². The molecule has 0 atom stereocenters. The fourth-order valence-corrected chi connectivity index (χ4v) is 6.85. The van der Waals surface area contributed by atoms with E-state index in [4.69, 9.17) is 4.74 Å². The zero-order valence-corrected chi connectivity index (χ0v) is 21.5. The predicted octanol–water partition coefficient (Wildman–Crippen LogP) is 9.23. The van der Waals surface area contributed by atoms with Gasteiger partial charge in [-0.05, 0) is 93.4 Å². The van der Waals surface area contributed by atoms with Crippen molar-refractivity contribution < 1.29 is 13.5 Å². The fourth-order valence-electron chi connectivity index (χ4n) is 6.85. The number of hydrogen-bond acceptors (Lipinski definition) is 2. The second-order valence-corrected chi connectivity index (χ2v) is 11.4. The molecule has 34 heavy (non-hydrogen) atoms. The molecule has 4 rings (SSSR count). The summed E-state index contributed by atoms with van der Waals surface area (Å²) in [6, 6.07) is 7.37. The van der Waals surface area contributed by atoms with Gasteiger partial charge in [-0.25, -0.2) is 0 Å². The summed E-state index contributed by atoms with van der Waals surface area (Å²) >= 11 is 0. The number of ether oxygens (including phenoxy) is 1. The molecular formula is C30H47F2NO. The Bertz CT molecular complexity index is 697. The average Bonchev–Trinajstić information content (AvgIpc) is 3.15. The molecule has 0 aromatic heterocycles. The molecular weight excluding hydrogens is 428 g/mol. The predicted molar refractivity (Wildman–Crippen MR) is 138 cm³/mol. The summed E-state index contributed by atoms with van der Waals surface area (Å²) in [5, 5.41) is 0. The van der Waals surface area contributed by atoms with Crippen molar-refractivity contribution in [3.8, 4) is 5.75 Å². The maximum absolute atomic E-state index is 15.0. The Balaban J connectivity index is 1.21. The van der Waals surface area contributed by atoms with Crippen molar-refractivity contribution in [3.05, 3.63) is 24.3 Å². The van der Waals surface area contributed by atoms with Gasteiger partial charge in [0.15, 0.2) is 0 Å². The van der Waals surface area contributed by atoms with E-state index in [1.165, 1.54) is 77.0 Å². The van der Waals surface area contributed by atoms with Gasteiger partial charge in [0.05, 0.1) is 5.92 Å². The van der Waals surface area contributed by atoms with Gasteiger partial charge in [0.1, 0.15) is 5.75 Å². The molecule has 0 bridgehead atoms. The first kappa shape index (κ1) is 25.8. The van der Waals surface area contributed by atoms with Crippen molar-refractivity contribution >= 4 is 5.69 Å². The van der Waals surface area contributed by atoms with E-state index < -0.39 is 12.0 Å². The van der Waals surface area contributed by atoms with E-state index in [9.17, 15) is 0 Å². The molecule has 1 heterocycles. The lowest BCUT2D eigenvalue weighted by Crippen LogP contribution is -2.38. The minimum absolute atomic E-state index is 0.298. The molecule has 192 valence electrons. The number of halogens is 2. The van der Waals surface area contributed by atoms with Crippen LogP contribution >= 0.6 is 0 Å². The second-order valence-electron chi connectivity index (χ2n) is 11.4. The Morgan fingerprint density at radius 2 is 1.38 bits per heavy atom. The first-order chi connectivity index (χ1) is 16.5. The fraction of sp³-hybridized carbons (Fsp3) is 0.800. The minimum Gasteiger partial charge on any atom is -0.432 e. The molecule has 0 radical (unpaired) electrons. The minimum atomic E-state index is -3.08. The van der Waals surface area contributed by atoms with E-state index in [-0.39, 0.29) is 0 Å². The number of alkyl halides is 2. The largest absolute Gasteiger partial charge is 0.432 e. The van der Waals surface area contributed by atoms with E-state index >= 15 is 8.78 Å². The van der Waals surface area contributed by atoms with E-state index in [0.29, 0.717) is 24.5 Å². The lowest BCUT2D eigenvalue weighted by molar-refractivity contribution is -0.224. The Labute approximate surface area is 206 Å². The van der Waals surface area contributed by atoms with Gasteiger partial charge in [-0.15, -0.1) is 0 Å². The monoisotopic (exact) mass is 475 g/mol. The summed E-state index contributed by atoms with van der Waals surface area (Å²) in [7, 11) is 0. The molecule has 0 spiro atoms. The highest BCUT2D eigenvalue weighted by Crippen LogP contribution is 2.46. The van der Waals surface area contributed by atoms with Crippen molar-refractivity contribution in [1.82, 2.24) is 0 Å². The highest BCUT2D eigenvalue weighted by atomic mass is 19.3. The summed E-state index contributed by atoms with van der Waals surface area (Å²) in [5.41, 5.74) is 1.12. The molecule has 4 heteroatoms. The average molecular weight is 476 g/mol. The van der Waals surface area contributed by atoms with Crippen LogP contribution in [0.15, 0.2) is 24.3 Å². The summed E-state index contributed by atoms with van der Waals surface area (Å²) in [6.45, 7) is 4.38. The van der Waals surface area contributed by atoms with Crippen molar-refractivity contribution in [2.24, 2.45) is 23.7 Å². The van der Waals surface area contributed by atoms with Gasteiger partial charge in [0.2, 0.25) is 0 Å². The van der Waals surface area contributed by atoms with Gasteiger partial charge in [0.25, 0.3) is 0 Å². The van der Waals surface area contributed by atoms with Gasteiger partial charge >= 0.3 is 6.11 Å². The third-order valence-corrected chi connectivity index (χ3v) is 9.08. The third kappa shape index (κ3) is 7.10. The van der Waals surface area contributed by atoms with Gasteiger partial charge in [-0.3, -0.25) is 0 Å². The maximum atomic E-state index is 15.0. The lowest BCUT2D eigenvalue weighted by atomic mass is 9.68. The van der Waals surface area contributed by atoms with E-state index in [1.54, 1.807) is 12.1 Å². The van der Waals surface area contributed by atoms with Crippen LogP contribution in [0.25, 0.3) is 0 Å². The summed E-state index contributed by atoms with van der Waals surface area (Å²) in [4.78, 5) is 2.37. The molecule has 3 aliphatic rings. The second kappa shape index (κ2) is 12.6. The highest BCUT2D eigenvalue weighted by Gasteiger charge is 2.45. The molecule has 0 amide bonds. The number of rotatable bonds is 9. The third-order valence-electron chi connectivity index (χ3n) is 9.08. The zero-order valence-electron chi connectivity index (χ0n) is 21.5. The van der Waals surface area contributed by atoms with Crippen LogP contribution in [-0.4, -0.2) is 19.2 Å². The van der Waals surface area contributed by atoms with Gasteiger partial charge in [-0.1, -0.05) is 58.3 Å². The molecule has 2 nitrogen and oxygen atoms in total. The Morgan fingerprint density at radius 1 is 0.794 bits per heavy atom. The van der Waals surface area contributed by atoms with Crippen LogP contribution in [0.3, 0.4) is 0 Å². The first-order valence-electron chi connectivity index (χ1n) is 14.5. The maximum Gasteiger partial charge on any atom is 0.400 e. The van der Waals surface area contributed by atoms with Crippen molar-refractivity contribution in [1.29, 1.82) is 0 Å². The van der Waals surface area contributed by atoms with Gasteiger partial charge in [0, 0.05) is 18.8 Å². The summed E-state index contributed by atoms with van der Waals surface area (Å²) < 4.78 is 35.4. The van der Waals surface area contributed by atoms with Crippen molar-refractivity contribution in [2.45, 2.75) is 116 Å². The van der Waals surface area contributed by atoms with Gasteiger partial charge < -0.3 is 9.64 Å². The first-order valence-corrected chi connectivity index (χ1v) is 14.5. The van der Waals surface area contributed by atoms with Crippen LogP contribution in [0, 0.1) is 23.7 Å². The Kier molecular flexibility index (Phi) is 9.53. The lowest BCUT2D eigenvalue weighted by Gasteiger charge is -2.39. The topological polar surface area (TPSA) is 12.5 Å². The quantitative estimate of drug-likeness (QED) is 0.330. The van der Waals surface area contributed by atoms with E-state index in [1.807, 2.05) is 12.1 Å². The van der Waals surface area contributed by atoms with Gasteiger partial charge in [-0.2, -0.15) is 8.78 Å². The zero-order chi connectivity index (χ0) is 23.8. The number of unbranched alkanes of at least 4 members (excludes halogenated alkanes) is 2. The molecule has 2 aliphatic carbocycles. The number of hydrogen-bond donors (Lipinski definition) is 0. The van der Waals surface area contributed by atoms with Crippen molar-refractivity contribution in [3.63, 3.8) is 0 Å². The van der Waals surface area contributed by atoms with E-state index in [0.717, 1.165) is 43.5 Å². The van der Waals surface area contributed by atoms with Crippen LogP contribution in [0.5, 0.6) is 5.75 Å². The molecule has 0 N–H and O–H groups in total. The smallest absolute Gasteiger partial charge is 0.400 e. The van der Waals surface area contributed by atoms with Crippen LogP contribution in [0.4, 0.5) is 14.5 Å². The molecule has 1 aromatic carbocycles. The SMILES string of the molecule is CCCCCC1CCC(C2CCC(C(F)(F)Oc3ccc(N4CCCCCC4)cc3)CC2)CC1. The Hall–Kier alpha value is -1.32. The molecule has 2 saturated carbocycles. The molecule has 1 aliphatic heterocycles. The van der Waals surface area contributed by atoms with Crippen LogP contribution < -0.4 is 9.64 Å². The molecule has 1 aromatic rings. The standard InChI is InChI=1S/C30H47F2NO/c1-2-3-6-9-24-10-12-25(13-11-24)26-14-16-27(17-15-26)30(31,32)34-29-20-18-28(19-21-29)33-22-7-4-5-8-23-33/h18-21,24-27H,2-17,22-23H2,1H3. The Morgan fingerprint density at radius 3 is 1.97 bits per heavy atom. The number of benzene rings is 1. The number of nitrogens with zero attached hydrogens (tertiary/aromatic N) is 1. The normalized spacial score (nSPS) is 29.0. The highest BCUT2D eigenvalue weighted by molar-refractivity contribution is 5.49. The number of anilines is 1. The van der Waals surface area contributed by atoms with Crippen LogP contribution in [0.2, 0.25) is 0 Å². The van der Waals surface area contributed by atoms with Crippen LogP contribution in [0.1, 0.15) is 110 Å². The summed E-state index contributed by atoms with van der Waals surface area (Å²) in [6.07, 6.45) is 15.8.